The third kappa shape index (κ3) is 21.9. The molecule has 99 heavy (non-hydrogen) atoms. The quantitative estimate of drug-likeness (QED) is 0.124. The van der Waals surface area contributed by atoms with Crippen LogP contribution in [0.3, 0.4) is 0 Å². The normalized spacial score (nSPS) is 24.6. The van der Waals surface area contributed by atoms with E-state index in [0.29, 0.717) is 5.52 Å². The monoisotopic (exact) mass is 1390 g/mol. The zero-order chi connectivity index (χ0) is 75.8. The number of methoxy groups -OCH3 is 2. The Morgan fingerprint density at radius 3 is 1.41 bits per heavy atom. The van der Waals surface area contributed by atoms with Crippen molar-refractivity contribution in [2.24, 2.45) is 41.4 Å². The van der Waals surface area contributed by atoms with E-state index in [4.69, 9.17) is 9.47 Å². The molecule has 29 heteroatoms. The Morgan fingerprint density at radius 1 is 0.505 bits per heavy atom. The number of hydrogen-bond donors (Lipinski definition) is 6. The van der Waals surface area contributed by atoms with Gasteiger partial charge in [-0.15, -0.1) is 0 Å². The van der Waals surface area contributed by atoms with Gasteiger partial charge in [0, 0.05) is 55.8 Å². The van der Waals surface area contributed by atoms with Crippen LogP contribution in [-0.2, 0) is 68.6 Å². The summed E-state index contributed by atoms with van der Waals surface area (Å²) < 4.78 is 9.84. The van der Waals surface area contributed by atoms with Crippen molar-refractivity contribution in [3.8, 4) is 0 Å². The van der Waals surface area contributed by atoms with Crippen molar-refractivity contribution in [2.75, 3.05) is 70.1 Å². The van der Waals surface area contributed by atoms with Gasteiger partial charge in [-0.1, -0.05) is 96.9 Å². The highest BCUT2D eigenvalue weighted by molar-refractivity contribution is 6.07. The summed E-state index contributed by atoms with van der Waals surface area (Å²) in [4.78, 5) is 204. The number of benzene rings is 1. The average molecular weight is 1390 g/mol. The zero-order valence-electron chi connectivity index (χ0n) is 63.1. The van der Waals surface area contributed by atoms with E-state index in [1.54, 1.807) is 41.5 Å². The largest absolute Gasteiger partial charge is 0.465 e. The maximum absolute atomic E-state index is 15.5. The van der Waals surface area contributed by atoms with Gasteiger partial charge in [0.05, 0.1) is 49.0 Å². The Bertz CT molecular complexity index is 3170. The number of H-pyrrole nitrogens is 1. The Kier molecular flexibility index (Phi) is 32.0. The molecule has 3 rings (SSSR count). The first-order chi connectivity index (χ1) is 45.9. The number of imidazole rings is 1. The Morgan fingerprint density at radius 2 is 0.939 bits per heavy atom. The van der Waals surface area contributed by atoms with Gasteiger partial charge >= 0.3 is 11.9 Å². The van der Waals surface area contributed by atoms with E-state index in [1.807, 2.05) is 55.4 Å². The van der Waals surface area contributed by atoms with E-state index >= 15 is 19.2 Å². The molecule has 0 aliphatic carbocycles. The molecule has 0 radical (unpaired) electrons. The molecule has 2 heterocycles. The second kappa shape index (κ2) is 37.3. The van der Waals surface area contributed by atoms with Gasteiger partial charge < -0.3 is 75.1 Å². The van der Waals surface area contributed by atoms with E-state index in [2.05, 4.69) is 31.2 Å². The van der Waals surface area contributed by atoms with Crippen molar-refractivity contribution >= 4 is 88.0 Å². The molecule has 0 spiro atoms. The highest BCUT2D eigenvalue weighted by Gasteiger charge is 2.46. The number of aromatic nitrogens is 2. The maximum atomic E-state index is 15.5. The summed E-state index contributed by atoms with van der Waals surface area (Å²) in [6, 6.07) is -10.5. The first-order valence-electron chi connectivity index (χ1n) is 34.3. The molecule has 11 amide bonds. The van der Waals surface area contributed by atoms with Crippen LogP contribution in [-0.4, -0.2) is 263 Å². The number of amides is 11. The maximum Gasteiger partial charge on any atom is 0.338 e. The molecule has 2 aromatic rings. The third-order valence-corrected chi connectivity index (χ3v) is 18.3. The lowest BCUT2D eigenvalue weighted by atomic mass is 9.91. The fraction of sp³-hybridized carbons (Fsp3) is 0.714. The summed E-state index contributed by atoms with van der Waals surface area (Å²) in [6.45, 7) is 26.9. The number of esters is 2. The van der Waals surface area contributed by atoms with Gasteiger partial charge in [0.1, 0.15) is 66.2 Å². The fourth-order valence-corrected chi connectivity index (χ4v) is 12.4. The minimum atomic E-state index is -1.83. The van der Waals surface area contributed by atoms with Gasteiger partial charge in [0.15, 0.2) is 0 Å². The van der Waals surface area contributed by atoms with Crippen molar-refractivity contribution in [1.82, 2.24) is 65.5 Å². The van der Waals surface area contributed by atoms with Crippen LogP contribution >= 0.6 is 0 Å². The number of fused-ring (bicyclic) bond motifs is 1. The number of carbonyl (C=O) groups is 13. The minimum Gasteiger partial charge on any atom is -0.465 e. The number of nitrogens with zero attached hydrogens (tertiary/aromatic N) is 8. The van der Waals surface area contributed by atoms with Crippen LogP contribution in [0.1, 0.15) is 169 Å². The highest BCUT2D eigenvalue weighted by atomic mass is 16.5. The van der Waals surface area contributed by atoms with Gasteiger partial charge in [0.2, 0.25) is 65.0 Å². The first kappa shape index (κ1) is 85.0. The molecular formula is C70H115N13O16. The topological polar surface area (TPSA) is 360 Å². The smallest absolute Gasteiger partial charge is 0.338 e. The van der Waals surface area contributed by atoms with Crippen LogP contribution < -0.4 is 21.3 Å². The van der Waals surface area contributed by atoms with Crippen molar-refractivity contribution in [3.63, 3.8) is 0 Å². The average Bonchev–Trinajstić information content (AvgIpc) is 1.44. The molecule has 1 aromatic heterocycles. The molecular weight excluding hydrogens is 1280 g/mol. The van der Waals surface area contributed by atoms with Crippen LogP contribution in [0.25, 0.3) is 11.0 Å². The van der Waals surface area contributed by atoms with Crippen LogP contribution in [0.15, 0.2) is 12.1 Å². The number of carbonyl (C=O) groups excluding carboxylic acids is 13. The molecule has 0 unspecified atom stereocenters. The minimum absolute atomic E-state index is 0.0728. The molecule has 12 atom stereocenters. The first-order valence-corrected chi connectivity index (χ1v) is 34.3. The van der Waals surface area contributed by atoms with Crippen molar-refractivity contribution in [2.45, 2.75) is 216 Å². The molecule has 6 N–H and O–H groups in total. The molecule has 1 aromatic carbocycles. The Hall–Kier alpha value is -8.24. The number of nitrogens with one attached hydrogen (secondary N) is 5. The molecule has 556 valence electrons. The highest BCUT2D eigenvalue weighted by Crippen LogP contribution is 2.28. The zero-order valence-corrected chi connectivity index (χ0v) is 63.1. The lowest BCUT2D eigenvalue weighted by molar-refractivity contribution is -0.157. The lowest BCUT2D eigenvalue weighted by Gasteiger charge is -2.41. The van der Waals surface area contributed by atoms with Crippen LogP contribution in [0.2, 0.25) is 0 Å². The number of likely N-dealkylation sites (N-methyl/N-ethyl adjacent to an activating group) is 7. The van der Waals surface area contributed by atoms with Gasteiger partial charge in [-0.25, -0.2) is 14.6 Å². The summed E-state index contributed by atoms with van der Waals surface area (Å²) in [5, 5.41) is 23.6. The molecule has 29 nitrogen and oxygen atoms in total. The van der Waals surface area contributed by atoms with E-state index in [9.17, 15) is 48.3 Å². The number of aromatic amines is 1. The van der Waals surface area contributed by atoms with Gasteiger partial charge in [-0.05, 0) is 99.5 Å². The summed E-state index contributed by atoms with van der Waals surface area (Å²) in [6.07, 6.45) is -1.54. The number of aliphatic hydroxyl groups excluding tert-OH is 1. The van der Waals surface area contributed by atoms with E-state index in [-0.39, 0.29) is 84.7 Å². The van der Waals surface area contributed by atoms with Crippen LogP contribution in [0.4, 0.5) is 0 Å². The van der Waals surface area contributed by atoms with Crippen molar-refractivity contribution in [3.05, 3.63) is 29.1 Å². The van der Waals surface area contributed by atoms with E-state index in [1.165, 1.54) is 99.8 Å². The summed E-state index contributed by atoms with van der Waals surface area (Å²) in [7, 11) is 11.9. The van der Waals surface area contributed by atoms with Gasteiger partial charge in [-0.2, -0.15) is 0 Å². The van der Waals surface area contributed by atoms with E-state index < -0.39 is 168 Å². The molecule has 0 saturated carbocycles. The second-order valence-electron chi connectivity index (χ2n) is 29.1. The second-order valence-corrected chi connectivity index (χ2v) is 29.1. The van der Waals surface area contributed by atoms with Crippen LogP contribution in [0.5, 0.6) is 0 Å². The van der Waals surface area contributed by atoms with Gasteiger partial charge in [-0.3, -0.25) is 52.7 Å². The number of hydrogen-bond acceptors (Lipinski definition) is 17. The molecule has 1 fully saturated rings. The van der Waals surface area contributed by atoms with E-state index in [0.717, 1.165) is 24.0 Å². The Labute approximate surface area is 584 Å². The number of ether oxygens (including phenoxy) is 2. The Balaban J connectivity index is 2.37. The molecule has 1 saturated heterocycles. The number of aliphatic hydroxyl groups is 1. The SMILES string of the molecule is CC[C@@H]1NC(=O)[C@H]([C@H](O)[C@H](C)Cc2nc3cc(C(=O)OC)c(C(=O)OC)cc3[nH]2)N(C)C(=O)[C@H](C(C)C)N(C)C(=O)[C@H](CC(C)C)N(C)C(=O)[C@H](CC(C)C)N(C)C(=O)[C@@H](C)NC(=O)[C@H](C)NC(=O)[C@H](CC(C)C)N(C)C(=O)[C@H](C(C)C)NC(=O)[C@H](CC(C)C)N(C)C(=O)CN(C)C1=O. The van der Waals surface area contributed by atoms with Crippen LogP contribution in [0, 0.1) is 41.4 Å². The summed E-state index contributed by atoms with van der Waals surface area (Å²) in [5.74, 6) is -12.5. The fourth-order valence-electron chi connectivity index (χ4n) is 12.4. The van der Waals surface area contributed by atoms with Gasteiger partial charge in [0.25, 0.3) is 0 Å². The molecule has 0 bridgehead atoms. The van der Waals surface area contributed by atoms with Crippen molar-refractivity contribution in [1.29, 1.82) is 0 Å². The van der Waals surface area contributed by atoms with Crippen molar-refractivity contribution < 1.29 is 76.9 Å². The molecule has 1 aliphatic rings. The predicted molar refractivity (Wildman–Crippen MR) is 371 cm³/mol. The molecule has 1 aliphatic heterocycles. The lowest BCUT2D eigenvalue weighted by Crippen LogP contribution is -2.63. The summed E-state index contributed by atoms with van der Waals surface area (Å²) >= 11 is 0. The third-order valence-electron chi connectivity index (χ3n) is 18.3. The number of rotatable bonds is 17. The predicted octanol–water partition coefficient (Wildman–Crippen LogP) is 3.00. The summed E-state index contributed by atoms with van der Waals surface area (Å²) in [5.41, 5.74) is 0.276. The standard InChI is InChI=1S/C70H115N13O16/c1-26-46-64(91)77(17)34-54(84)78(18)49(27-35(2)3)61(88)76-55(39(10)11)67(94)79(19)50(28-36(4)5)60(87)71-42(15)59(86)72-43(16)63(90)80(20)51(29-37(6)7)65(92)81(21)52(30-38(8)9)66(93)82(22)56(40(12)13)68(95)83(23)57(62(89)75-46)58(85)41(14)31-53-73-47-32-44(69(96)98-24)45(70(97)99-25)33-48(47)74-53/h32-33,35-43,46,49-52,55-58,85H,26-31,34H2,1-25H3,(H,71,87)(H,72,86)(H,73,74)(H,75,89)(H,76,88)/t41-,42+,43-,46+,49+,50+,51+,52+,55+,56+,57+,58-/m1/s1.